The van der Waals surface area contributed by atoms with Crippen LogP contribution in [0.4, 0.5) is 26.3 Å². The molecule has 2 atom stereocenters. The molecule has 0 radical (unpaired) electrons. The topological polar surface area (TPSA) is 202 Å². The van der Waals surface area contributed by atoms with E-state index in [0.717, 1.165) is 0 Å². The van der Waals surface area contributed by atoms with E-state index in [4.69, 9.17) is 42.1 Å². The molecule has 0 spiro atoms. The quantitative estimate of drug-likeness (QED) is 0.204. The largest absolute Gasteiger partial charge is 0.490 e. The summed E-state index contributed by atoms with van der Waals surface area (Å²) in [4.78, 5) is 31.9. The first-order chi connectivity index (χ1) is 11.8. The molecule has 160 valence electrons. The third kappa shape index (κ3) is 21.2. The second-order valence-electron chi connectivity index (χ2n) is 4.53. The average Bonchev–Trinajstić information content (AvgIpc) is 2.43. The number of hydrogen-bond donors (Lipinski definition) is 6. The predicted molar refractivity (Wildman–Crippen MR) is 77.5 cm³/mol. The lowest BCUT2D eigenvalue weighted by atomic mass is 10.1. The normalized spacial score (nSPS) is 12.9. The standard InChI is InChI=1S/C7H16N4O2.2C2HF3O2/c1-4(11-7(9)10)2-3-5(8)6(12)13;2*3-2(4,5)1(6)7/h4-5H,2-3,8H2,1H3,(H,12,13)(H4,9,10,11);2*(H,6,7)/t4-,5-;;/m0../s1. The summed E-state index contributed by atoms with van der Waals surface area (Å²) < 4.78 is 63.5. The van der Waals surface area contributed by atoms with E-state index in [1.807, 2.05) is 0 Å². The first-order valence-electron chi connectivity index (χ1n) is 6.49. The molecular formula is C11H18F6N4O6. The SMILES string of the molecule is C[C@@H](CC[C@H](N)C(=O)O)N=C(N)N.O=C(O)C(F)(F)F.O=C(O)C(F)(F)F. The molecule has 0 unspecified atom stereocenters. The van der Waals surface area contributed by atoms with E-state index < -0.39 is 36.3 Å². The van der Waals surface area contributed by atoms with Gasteiger partial charge in [-0.1, -0.05) is 0 Å². The van der Waals surface area contributed by atoms with Crippen LogP contribution in [0.3, 0.4) is 0 Å². The van der Waals surface area contributed by atoms with Crippen molar-refractivity contribution >= 4 is 23.9 Å². The fourth-order valence-corrected chi connectivity index (χ4v) is 0.863. The molecular weight excluding hydrogens is 398 g/mol. The third-order valence-electron chi connectivity index (χ3n) is 2.07. The lowest BCUT2D eigenvalue weighted by Gasteiger charge is -2.09. The highest BCUT2D eigenvalue weighted by molar-refractivity contribution is 5.76. The van der Waals surface area contributed by atoms with Gasteiger partial charge in [-0.15, -0.1) is 0 Å². The summed E-state index contributed by atoms with van der Waals surface area (Å²) in [6, 6.07) is -0.924. The number of halogens is 6. The molecule has 10 nitrogen and oxygen atoms in total. The maximum absolute atomic E-state index is 10.6. The van der Waals surface area contributed by atoms with Crippen LogP contribution in [0.25, 0.3) is 0 Å². The number of guanidine groups is 1. The van der Waals surface area contributed by atoms with E-state index in [9.17, 15) is 31.1 Å². The summed E-state index contributed by atoms with van der Waals surface area (Å²) in [6.07, 6.45) is -9.24. The zero-order valence-corrected chi connectivity index (χ0v) is 13.6. The van der Waals surface area contributed by atoms with Gasteiger partial charge in [-0.25, -0.2) is 9.59 Å². The van der Waals surface area contributed by atoms with E-state index in [-0.39, 0.29) is 12.0 Å². The number of aliphatic carboxylic acids is 3. The van der Waals surface area contributed by atoms with E-state index in [0.29, 0.717) is 12.8 Å². The number of nitrogens with two attached hydrogens (primary N) is 3. The van der Waals surface area contributed by atoms with Crippen LogP contribution in [0.1, 0.15) is 19.8 Å². The van der Waals surface area contributed by atoms with Crippen molar-refractivity contribution in [3.63, 3.8) is 0 Å². The van der Waals surface area contributed by atoms with Crippen LogP contribution in [-0.2, 0) is 14.4 Å². The van der Waals surface area contributed by atoms with Crippen LogP contribution in [0, 0.1) is 0 Å². The van der Waals surface area contributed by atoms with Gasteiger partial charge in [0.15, 0.2) is 5.96 Å². The molecule has 16 heteroatoms. The van der Waals surface area contributed by atoms with Crippen molar-refractivity contribution in [2.75, 3.05) is 0 Å². The highest BCUT2D eigenvalue weighted by Gasteiger charge is 2.38. The number of nitrogens with zero attached hydrogens (tertiary/aromatic N) is 1. The molecule has 0 bridgehead atoms. The molecule has 0 fully saturated rings. The Morgan fingerprint density at radius 1 is 0.889 bits per heavy atom. The number of carboxylic acids is 3. The smallest absolute Gasteiger partial charge is 0.480 e. The minimum absolute atomic E-state index is 0.0106. The second kappa shape index (κ2) is 12.6. The van der Waals surface area contributed by atoms with Crippen LogP contribution in [-0.4, -0.2) is 63.6 Å². The number of carbonyl (C=O) groups is 3. The van der Waals surface area contributed by atoms with E-state index in [2.05, 4.69) is 4.99 Å². The summed E-state index contributed by atoms with van der Waals surface area (Å²) in [5.74, 6) is -6.51. The lowest BCUT2D eigenvalue weighted by molar-refractivity contribution is -0.193. The average molecular weight is 416 g/mol. The summed E-state index contributed by atoms with van der Waals surface area (Å²) in [6.45, 7) is 1.80. The van der Waals surface area contributed by atoms with Crippen LogP contribution in [0.5, 0.6) is 0 Å². The molecule has 0 aliphatic heterocycles. The maximum Gasteiger partial charge on any atom is 0.490 e. The van der Waals surface area contributed by atoms with Gasteiger partial charge in [0.1, 0.15) is 6.04 Å². The summed E-state index contributed by atoms with van der Waals surface area (Å²) in [7, 11) is 0. The second-order valence-corrected chi connectivity index (χ2v) is 4.53. The predicted octanol–water partition coefficient (Wildman–Crippen LogP) is 0.107. The van der Waals surface area contributed by atoms with Crippen molar-refractivity contribution in [1.29, 1.82) is 0 Å². The minimum Gasteiger partial charge on any atom is -0.480 e. The van der Waals surface area contributed by atoms with E-state index >= 15 is 0 Å². The van der Waals surface area contributed by atoms with Gasteiger partial charge in [0.25, 0.3) is 0 Å². The Labute approximate surface area is 147 Å². The van der Waals surface area contributed by atoms with Gasteiger partial charge in [0.05, 0.1) is 6.04 Å². The molecule has 0 saturated heterocycles. The highest BCUT2D eigenvalue weighted by Crippen LogP contribution is 2.13. The number of alkyl halides is 6. The zero-order chi connectivity index (χ0) is 22.6. The Hall–Kier alpha value is -2.78. The van der Waals surface area contributed by atoms with Crippen LogP contribution in [0.2, 0.25) is 0 Å². The fourth-order valence-electron chi connectivity index (χ4n) is 0.863. The van der Waals surface area contributed by atoms with Gasteiger partial charge in [0.2, 0.25) is 0 Å². The van der Waals surface area contributed by atoms with E-state index in [1.165, 1.54) is 0 Å². The van der Waals surface area contributed by atoms with E-state index in [1.54, 1.807) is 6.92 Å². The molecule has 0 amide bonds. The van der Waals surface area contributed by atoms with Crippen LogP contribution < -0.4 is 17.2 Å². The van der Waals surface area contributed by atoms with Crippen molar-refractivity contribution < 1.29 is 56.0 Å². The summed E-state index contributed by atoms with van der Waals surface area (Å²) >= 11 is 0. The van der Waals surface area contributed by atoms with Crippen molar-refractivity contribution in [3.8, 4) is 0 Å². The molecule has 0 saturated carbocycles. The molecule has 0 aromatic carbocycles. The van der Waals surface area contributed by atoms with Gasteiger partial charge in [0, 0.05) is 0 Å². The maximum atomic E-state index is 10.6. The minimum atomic E-state index is -5.08. The van der Waals surface area contributed by atoms with Crippen LogP contribution in [0.15, 0.2) is 4.99 Å². The molecule has 0 aliphatic carbocycles. The first-order valence-corrected chi connectivity index (χ1v) is 6.49. The van der Waals surface area contributed by atoms with Gasteiger partial charge < -0.3 is 32.5 Å². The molecule has 9 N–H and O–H groups in total. The van der Waals surface area contributed by atoms with Crippen LogP contribution >= 0.6 is 0 Å². The summed E-state index contributed by atoms with van der Waals surface area (Å²) in [5.41, 5.74) is 15.6. The third-order valence-corrected chi connectivity index (χ3v) is 2.07. The van der Waals surface area contributed by atoms with Gasteiger partial charge >= 0.3 is 30.3 Å². The number of aliphatic imine (C=N–C) groups is 1. The Morgan fingerprint density at radius 3 is 1.37 bits per heavy atom. The van der Waals surface area contributed by atoms with Crippen molar-refractivity contribution in [1.82, 2.24) is 0 Å². The van der Waals surface area contributed by atoms with Crippen molar-refractivity contribution in [2.24, 2.45) is 22.2 Å². The molecule has 0 rings (SSSR count). The zero-order valence-electron chi connectivity index (χ0n) is 13.6. The van der Waals surface area contributed by atoms with Gasteiger partial charge in [-0.05, 0) is 19.8 Å². The Balaban J connectivity index is -0.000000350. The van der Waals surface area contributed by atoms with Gasteiger partial charge in [-0.2, -0.15) is 26.3 Å². The highest BCUT2D eigenvalue weighted by atomic mass is 19.4. The fraction of sp³-hybridized carbons (Fsp3) is 0.636. The Morgan fingerprint density at radius 2 is 1.19 bits per heavy atom. The monoisotopic (exact) mass is 416 g/mol. The number of hydrogen-bond acceptors (Lipinski definition) is 5. The molecule has 0 heterocycles. The van der Waals surface area contributed by atoms with Gasteiger partial charge in [-0.3, -0.25) is 9.79 Å². The molecule has 0 aliphatic rings. The molecule has 0 aromatic heterocycles. The summed E-state index contributed by atoms with van der Waals surface area (Å²) in [5, 5.41) is 22.7. The molecule has 27 heavy (non-hydrogen) atoms. The number of carboxylic acid groups (broad SMARTS) is 3. The first kappa shape index (κ1) is 29.0. The van der Waals surface area contributed by atoms with Crippen molar-refractivity contribution in [2.45, 2.75) is 44.2 Å². The molecule has 0 aromatic rings. The number of rotatable bonds is 5. The Kier molecular flexibility index (Phi) is 13.5. The Bertz CT molecular complexity index is 494. The van der Waals surface area contributed by atoms with Crippen molar-refractivity contribution in [3.05, 3.63) is 0 Å². The lowest BCUT2D eigenvalue weighted by Crippen LogP contribution is -2.31.